The van der Waals surface area contributed by atoms with Gasteiger partial charge in [0.05, 0.1) is 12.2 Å². The van der Waals surface area contributed by atoms with Crippen molar-refractivity contribution in [2.45, 2.75) is 25.4 Å². The topological polar surface area (TPSA) is 114 Å². The molecule has 0 radical (unpaired) electrons. The molecule has 0 spiro atoms. The van der Waals surface area contributed by atoms with Crippen LogP contribution in [0, 0.1) is 0 Å². The molecule has 0 saturated carbocycles. The lowest BCUT2D eigenvalue weighted by molar-refractivity contribution is -0.253. The molecule has 0 heterocycles. The first-order chi connectivity index (χ1) is 18.0. The van der Waals surface area contributed by atoms with Crippen LogP contribution in [0.5, 0.6) is 11.5 Å². The summed E-state index contributed by atoms with van der Waals surface area (Å²) in [5, 5.41) is 0. The predicted octanol–water partition coefficient (Wildman–Crippen LogP) is 5.50. The van der Waals surface area contributed by atoms with Crippen LogP contribution in [0.25, 0.3) is 6.08 Å². The van der Waals surface area contributed by atoms with Gasteiger partial charge in [-0.05, 0) is 84.6 Å². The van der Waals surface area contributed by atoms with Gasteiger partial charge in [0, 0.05) is 17.5 Å². The van der Waals surface area contributed by atoms with Gasteiger partial charge in [0.2, 0.25) is 0 Å². The van der Waals surface area contributed by atoms with E-state index in [9.17, 15) is 27.2 Å². The third-order valence-electron chi connectivity index (χ3n) is 4.99. The summed E-state index contributed by atoms with van der Waals surface area (Å²) in [5.74, 6) is -1.68. The van der Waals surface area contributed by atoms with Gasteiger partial charge in [-0.15, -0.1) is 0 Å². The lowest BCUT2D eigenvalue weighted by atomic mass is 10.1. The Kier molecular flexibility index (Phi) is 9.31. The Labute approximate surface area is 215 Å². The molecule has 0 bridgehead atoms. The zero-order valence-electron chi connectivity index (χ0n) is 19.9. The number of halogens is 4. The maximum Gasteiger partial charge on any atom is 0.461 e. The van der Waals surface area contributed by atoms with Crippen molar-refractivity contribution in [2.24, 2.45) is 0 Å². The smallest absolute Gasteiger partial charge is 0.461 e. The summed E-state index contributed by atoms with van der Waals surface area (Å²) >= 11 is 0. The van der Waals surface area contributed by atoms with Crippen molar-refractivity contribution in [1.82, 2.24) is 0 Å². The van der Waals surface area contributed by atoms with E-state index in [1.54, 1.807) is 18.2 Å². The average Bonchev–Trinajstić information content (AvgIpc) is 2.86. The second-order valence-electron chi connectivity index (χ2n) is 8.06. The molecule has 11 heteroatoms. The van der Waals surface area contributed by atoms with Crippen LogP contribution in [0.2, 0.25) is 0 Å². The first-order valence-corrected chi connectivity index (χ1v) is 11.3. The molecular formula is C27H24F4N2O5. The van der Waals surface area contributed by atoms with Crippen molar-refractivity contribution in [2.75, 3.05) is 18.1 Å². The second kappa shape index (κ2) is 12.6. The van der Waals surface area contributed by atoms with Crippen molar-refractivity contribution in [1.29, 1.82) is 0 Å². The molecule has 0 amide bonds. The number of carbonyl (C=O) groups excluding carboxylic acids is 2. The standard InChI is InChI=1S/C27H24F4N2O5/c28-26(29)27(30,31)38-23-10-6-19(7-11-23)25(35)37-22-8-3-17(4-9-22)5-12-24(34)36-13-1-2-18-14-20(32)16-21(33)15-18/h3-12,14-16,26H,1-2,13,32-33H2. The van der Waals surface area contributed by atoms with Crippen molar-refractivity contribution in [3.63, 3.8) is 0 Å². The molecule has 0 saturated heterocycles. The molecule has 3 aromatic rings. The van der Waals surface area contributed by atoms with Crippen LogP contribution in [0.1, 0.15) is 27.9 Å². The summed E-state index contributed by atoms with van der Waals surface area (Å²) in [5.41, 5.74) is 14.2. The van der Waals surface area contributed by atoms with Crippen LogP contribution in [0.4, 0.5) is 28.9 Å². The molecule has 0 aliphatic heterocycles. The number of rotatable bonds is 11. The van der Waals surface area contributed by atoms with E-state index in [-0.39, 0.29) is 17.9 Å². The van der Waals surface area contributed by atoms with Gasteiger partial charge in [-0.25, -0.2) is 9.59 Å². The fraction of sp³-hybridized carbons (Fsp3) is 0.185. The maximum atomic E-state index is 13.0. The molecule has 3 rings (SSSR count). The number of nitrogens with two attached hydrogens (primary N) is 2. The highest BCUT2D eigenvalue weighted by molar-refractivity contribution is 5.91. The highest BCUT2D eigenvalue weighted by Crippen LogP contribution is 2.27. The number of nitrogen functional groups attached to an aromatic ring is 2. The SMILES string of the molecule is Nc1cc(N)cc(CCCOC(=O)C=Cc2ccc(OC(=O)c3ccc(OC(F)(F)C(F)F)cc3)cc2)c1. The Balaban J connectivity index is 1.44. The number of alkyl halides is 4. The summed E-state index contributed by atoms with van der Waals surface area (Å²) in [6, 6.07) is 15.6. The molecule has 0 fully saturated rings. The summed E-state index contributed by atoms with van der Waals surface area (Å²) in [6.07, 6.45) is -4.61. The van der Waals surface area contributed by atoms with E-state index in [2.05, 4.69) is 4.74 Å². The quantitative estimate of drug-likeness (QED) is 0.0838. The number of ether oxygens (including phenoxy) is 3. The molecule has 4 N–H and O–H groups in total. The van der Waals surface area contributed by atoms with Crippen LogP contribution in [0.3, 0.4) is 0 Å². The van der Waals surface area contributed by atoms with Crippen molar-refractivity contribution in [3.05, 3.63) is 89.5 Å². The molecule has 3 aromatic carbocycles. The van der Waals surface area contributed by atoms with Crippen LogP contribution in [-0.2, 0) is 16.0 Å². The highest BCUT2D eigenvalue weighted by atomic mass is 19.3. The van der Waals surface area contributed by atoms with Crippen molar-refractivity contribution < 1.29 is 41.4 Å². The van der Waals surface area contributed by atoms with E-state index >= 15 is 0 Å². The molecule has 7 nitrogen and oxygen atoms in total. The first-order valence-electron chi connectivity index (χ1n) is 11.3. The number of anilines is 2. The largest absolute Gasteiger partial charge is 0.463 e. The zero-order valence-corrected chi connectivity index (χ0v) is 19.9. The predicted molar refractivity (Wildman–Crippen MR) is 133 cm³/mol. The summed E-state index contributed by atoms with van der Waals surface area (Å²) < 4.78 is 64.7. The number of hydrogen-bond acceptors (Lipinski definition) is 7. The molecule has 200 valence electrons. The molecule has 0 aliphatic rings. The third-order valence-corrected chi connectivity index (χ3v) is 4.99. The minimum atomic E-state index is -4.65. The monoisotopic (exact) mass is 532 g/mol. The summed E-state index contributed by atoms with van der Waals surface area (Å²) in [4.78, 5) is 24.2. The Morgan fingerprint density at radius 3 is 2.11 bits per heavy atom. The highest BCUT2D eigenvalue weighted by Gasteiger charge is 2.43. The van der Waals surface area contributed by atoms with Crippen molar-refractivity contribution >= 4 is 29.4 Å². The van der Waals surface area contributed by atoms with Crippen LogP contribution in [-0.4, -0.2) is 31.1 Å². The fourth-order valence-corrected chi connectivity index (χ4v) is 3.23. The molecule has 38 heavy (non-hydrogen) atoms. The lowest BCUT2D eigenvalue weighted by Crippen LogP contribution is -2.33. The van der Waals surface area contributed by atoms with Gasteiger partial charge in [-0.2, -0.15) is 17.6 Å². The normalized spacial score (nSPS) is 11.5. The van der Waals surface area contributed by atoms with E-state index < -0.39 is 30.2 Å². The Hall–Kier alpha value is -4.54. The summed E-state index contributed by atoms with van der Waals surface area (Å²) in [7, 11) is 0. The van der Waals surface area contributed by atoms with Gasteiger partial charge >= 0.3 is 24.5 Å². The third kappa shape index (κ3) is 8.54. The maximum absolute atomic E-state index is 13.0. The minimum Gasteiger partial charge on any atom is -0.463 e. The van der Waals surface area contributed by atoms with Crippen molar-refractivity contribution in [3.8, 4) is 11.5 Å². The van der Waals surface area contributed by atoms with E-state index in [0.717, 1.165) is 29.8 Å². The van der Waals surface area contributed by atoms with E-state index in [1.165, 1.54) is 24.3 Å². The number of aryl methyl sites for hydroxylation is 1. The number of carbonyl (C=O) groups is 2. The molecule has 0 aliphatic carbocycles. The van der Waals surface area contributed by atoms with Crippen LogP contribution in [0.15, 0.2) is 72.8 Å². The van der Waals surface area contributed by atoms with Gasteiger partial charge in [-0.1, -0.05) is 12.1 Å². The minimum absolute atomic E-state index is 0.0105. The molecule has 0 atom stereocenters. The van der Waals surface area contributed by atoms with E-state index in [4.69, 9.17) is 20.9 Å². The van der Waals surface area contributed by atoms with Gasteiger partial charge in [0.15, 0.2) is 0 Å². The van der Waals surface area contributed by atoms with Crippen LogP contribution >= 0.6 is 0 Å². The van der Waals surface area contributed by atoms with Gasteiger partial charge in [-0.3, -0.25) is 0 Å². The lowest BCUT2D eigenvalue weighted by Gasteiger charge is -2.16. The second-order valence-corrected chi connectivity index (χ2v) is 8.06. The van der Waals surface area contributed by atoms with Crippen LogP contribution < -0.4 is 20.9 Å². The fourth-order valence-electron chi connectivity index (χ4n) is 3.23. The molecule has 0 aromatic heterocycles. The Morgan fingerprint density at radius 2 is 1.50 bits per heavy atom. The van der Waals surface area contributed by atoms with Gasteiger partial charge in [0.25, 0.3) is 0 Å². The summed E-state index contributed by atoms with van der Waals surface area (Å²) in [6.45, 7) is 0.217. The van der Waals surface area contributed by atoms with E-state index in [0.29, 0.717) is 29.8 Å². The molecule has 0 unspecified atom stereocenters. The van der Waals surface area contributed by atoms with Gasteiger partial charge < -0.3 is 25.7 Å². The number of hydrogen-bond donors (Lipinski definition) is 2. The van der Waals surface area contributed by atoms with E-state index in [1.807, 2.05) is 12.1 Å². The zero-order chi connectivity index (χ0) is 27.7. The average molecular weight is 532 g/mol. The number of benzene rings is 3. The Morgan fingerprint density at radius 1 is 0.895 bits per heavy atom. The first kappa shape index (κ1) is 28.0. The van der Waals surface area contributed by atoms with Gasteiger partial charge in [0.1, 0.15) is 11.5 Å². The Bertz CT molecular complexity index is 1260. The number of esters is 2. The molecular weight excluding hydrogens is 508 g/mol.